The lowest BCUT2D eigenvalue weighted by Gasteiger charge is -2.26. The Bertz CT molecular complexity index is 617. The third kappa shape index (κ3) is 3.54. The first kappa shape index (κ1) is 14.8. The first-order valence-electron chi connectivity index (χ1n) is 6.96. The van der Waals surface area contributed by atoms with Gasteiger partial charge in [-0.05, 0) is 30.2 Å². The molecule has 0 spiro atoms. The van der Waals surface area contributed by atoms with E-state index in [1.54, 1.807) is 7.11 Å². The molecule has 0 saturated heterocycles. The van der Waals surface area contributed by atoms with E-state index in [0.717, 1.165) is 29.4 Å². The van der Waals surface area contributed by atoms with Gasteiger partial charge in [-0.2, -0.15) is 5.10 Å². The van der Waals surface area contributed by atoms with E-state index in [1.165, 1.54) is 10.5 Å². The lowest BCUT2D eigenvalue weighted by molar-refractivity contribution is 0.183. The van der Waals surface area contributed by atoms with E-state index in [4.69, 9.17) is 16.3 Å². The fourth-order valence-corrected chi connectivity index (χ4v) is 3.75. The maximum Gasteiger partial charge on any atom is 0.0731 e. The zero-order chi connectivity index (χ0) is 14.7. The van der Waals surface area contributed by atoms with Crippen LogP contribution in [0.3, 0.4) is 0 Å². The van der Waals surface area contributed by atoms with Crippen molar-refractivity contribution in [2.45, 2.75) is 23.9 Å². The summed E-state index contributed by atoms with van der Waals surface area (Å²) in [6.45, 7) is 1.43. The normalized spacial score (nSPS) is 17.5. The molecule has 1 aromatic carbocycles. The van der Waals surface area contributed by atoms with Gasteiger partial charge in [-0.3, -0.25) is 4.68 Å². The minimum absolute atomic E-state index is 0.292. The highest BCUT2D eigenvalue weighted by Gasteiger charge is 2.21. The number of fused-ring (bicyclic) bond motifs is 1. The Labute approximate surface area is 133 Å². The van der Waals surface area contributed by atoms with Gasteiger partial charge in [-0.15, -0.1) is 11.8 Å². The molecule has 1 unspecified atom stereocenters. The molecule has 2 heterocycles. The molecule has 2 aromatic rings. The van der Waals surface area contributed by atoms with E-state index in [-0.39, 0.29) is 0 Å². The van der Waals surface area contributed by atoms with Gasteiger partial charge in [0.15, 0.2) is 0 Å². The third-order valence-electron chi connectivity index (χ3n) is 3.51. The van der Waals surface area contributed by atoms with Crippen molar-refractivity contribution in [3.8, 4) is 0 Å². The molecule has 6 heteroatoms. The average molecular weight is 324 g/mol. The molecule has 1 N–H and O–H groups in total. The Balaban J connectivity index is 1.74. The molecular formula is C15H18ClN3OS. The van der Waals surface area contributed by atoms with E-state index in [9.17, 15) is 0 Å². The van der Waals surface area contributed by atoms with Gasteiger partial charge in [0.1, 0.15) is 0 Å². The molecule has 0 amide bonds. The van der Waals surface area contributed by atoms with Gasteiger partial charge in [-0.1, -0.05) is 11.6 Å². The lowest BCUT2D eigenvalue weighted by Crippen LogP contribution is -2.15. The Morgan fingerprint density at radius 2 is 2.43 bits per heavy atom. The van der Waals surface area contributed by atoms with Crippen LogP contribution in [-0.4, -0.2) is 29.3 Å². The highest BCUT2D eigenvalue weighted by atomic mass is 35.5. The van der Waals surface area contributed by atoms with Crippen LogP contribution < -0.4 is 5.32 Å². The lowest BCUT2D eigenvalue weighted by atomic mass is 10.0. The number of nitrogens with one attached hydrogen (secondary N) is 1. The zero-order valence-electron chi connectivity index (χ0n) is 11.9. The van der Waals surface area contributed by atoms with Crippen LogP contribution in [0.5, 0.6) is 0 Å². The van der Waals surface area contributed by atoms with E-state index in [2.05, 4.69) is 22.5 Å². The van der Waals surface area contributed by atoms with E-state index in [0.29, 0.717) is 12.6 Å². The number of anilines is 1. The van der Waals surface area contributed by atoms with Crippen molar-refractivity contribution in [3.63, 3.8) is 0 Å². The first-order valence-corrected chi connectivity index (χ1v) is 8.33. The number of ether oxygens (including phenoxy) is 1. The third-order valence-corrected chi connectivity index (χ3v) is 4.87. The summed E-state index contributed by atoms with van der Waals surface area (Å²) in [7, 11) is 1.70. The second kappa shape index (κ2) is 6.73. The summed E-state index contributed by atoms with van der Waals surface area (Å²) in [5.41, 5.74) is 2.32. The van der Waals surface area contributed by atoms with Crippen molar-refractivity contribution >= 4 is 29.1 Å². The molecule has 0 aliphatic carbocycles. The number of rotatable bonds is 5. The molecule has 1 aliphatic heterocycles. The number of methoxy groups -OCH3 is 1. The number of hydrogen-bond donors (Lipinski definition) is 1. The number of aromatic nitrogens is 2. The molecule has 4 nitrogen and oxygen atoms in total. The smallest absolute Gasteiger partial charge is 0.0731 e. The average Bonchev–Trinajstić information content (AvgIpc) is 2.93. The molecule has 1 aliphatic rings. The zero-order valence-corrected chi connectivity index (χ0v) is 13.5. The Kier molecular flexibility index (Phi) is 4.73. The molecule has 1 aromatic heterocycles. The number of thioether (sulfide) groups is 1. The summed E-state index contributed by atoms with van der Waals surface area (Å²) in [5.74, 6) is 1.12. The SMILES string of the molecule is COCCn1cc(NC2CCSc3ccc(Cl)cc32)cn1. The molecule has 0 bridgehead atoms. The van der Waals surface area contributed by atoms with Gasteiger partial charge in [0.2, 0.25) is 0 Å². The molecule has 1 atom stereocenters. The Hall–Kier alpha value is -1.17. The molecule has 21 heavy (non-hydrogen) atoms. The summed E-state index contributed by atoms with van der Waals surface area (Å²) < 4.78 is 6.96. The van der Waals surface area contributed by atoms with Crippen LogP contribution in [0.25, 0.3) is 0 Å². The largest absolute Gasteiger partial charge is 0.383 e. The van der Waals surface area contributed by atoms with E-state index < -0.39 is 0 Å². The molecule has 0 saturated carbocycles. The summed E-state index contributed by atoms with van der Waals surface area (Å²) in [5, 5.41) is 8.69. The molecule has 112 valence electrons. The van der Waals surface area contributed by atoms with Crippen LogP contribution in [0.1, 0.15) is 18.0 Å². The number of nitrogens with zero attached hydrogens (tertiary/aromatic N) is 2. The summed E-state index contributed by atoms with van der Waals surface area (Å²) in [6.07, 6.45) is 4.97. The van der Waals surface area contributed by atoms with Gasteiger partial charge in [-0.25, -0.2) is 0 Å². The van der Waals surface area contributed by atoms with Crippen LogP contribution in [0, 0.1) is 0 Å². The Morgan fingerprint density at radius 1 is 1.52 bits per heavy atom. The quantitative estimate of drug-likeness (QED) is 0.907. The van der Waals surface area contributed by atoms with E-state index >= 15 is 0 Å². The van der Waals surface area contributed by atoms with Gasteiger partial charge >= 0.3 is 0 Å². The number of halogens is 1. The monoisotopic (exact) mass is 323 g/mol. The van der Waals surface area contributed by atoms with E-state index in [1.807, 2.05) is 34.9 Å². The minimum atomic E-state index is 0.292. The van der Waals surface area contributed by atoms with Crippen molar-refractivity contribution in [3.05, 3.63) is 41.2 Å². The van der Waals surface area contributed by atoms with Crippen molar-refractivity contribution in [1.82, 2.24) is 9.78 Å². The summed E-state index contributed by atoms with van der Waals surface area (Å²) in [4.78, 5) is 1.31. The molecule has 3 rings (SSSR count). The number of hydrogen-bond acceptors (Lipinski definition) is 4. The van der Waals surface area contributed by atoms with Crippen LogP contribution in [0.15, 0.2) is 35.5 Å². The molecular weight excluding hydrogens is 306 g/mol. The summed E-state index contributed by atoms with van der Waals surface area (Å²) in [6, 6.07) is 6.42. The Morgan fingerprint density at radius 3 is 3.29 bits per heavy atom. The maximum absolute atomic E-state index is 6.14. The predicted octanol–water partition coefficient (Wildman–Crippen LogP) is 3.83. The van der Waals surface area contributed by atoms with Crippen molar-refractivity contribution < 1.29 is 4.74 Å². The van der Waals surface area contributed by atoms with Gasteiger partial charge in [0.25, 0.3) is 0 Å². The fraction of sp³-hybridized carbons (Fsp3) is 0.400. The van der Waals surface area contributed by atoms with Gasteiger partial charge < -0.3 is 10.1 Å². The molecule has 0 radical (unpaired) electrons. The minimum Gasteiger partial charge on any atom is -0.383 e. The number of benzene rings is 1. The van der Waals surface area contributed by atoms with Gasteiger partial charge in [0, 0.05) is 29.0 Å². The second-order valence-electron chi connectivity index (χ2n) is 5.00. The van der Waals surface area contributed by atoms with Crippen LogP contribution in [0.2, 0.25) is 5.02 Å². The first-order chi connectivity index (χ1) is 10.3. The molecule has 0 fully saturated rings. The predicted molar refractivity (Wildman–Crippen MR) is 87.3 cm³/mol. The highest BCUT2D eigenvalue weighted by Crippen LogP contribution is 2.39. The fourth-order valence-electron chi connectivity index (χ4n) is 2.46. The highest BCUT2D eigenvalue weighted by molar-refractivity contribution is 7.99. The topological polar surface area (TPSA) is 39.1 Å². The van der Waals surface area contributed by atoms with Crippen LogP contribution in [0.4, 0.5) is 5.69 Å². The van der Waals surface area contributed by atoms with Crippen molar-refractivity contribution in [1.29, 1.82) is 0 Å². The standard InChI is InChI=1S/C15H18ClN3OS/c1-20-6-5-19-10-12(9-17-19)18-14-4-7-21-15-3-2-11(16)8-13(14)15/h2-3,8-10,14,18H,4-7H2,1H3. The summed E-state index contributed by atoms with van der Waals surface area (Å²) >= 11 is 8.03. The van der Waals surface area contributed by atoms with Crippen molar-refractivity contribution in [2.24, 2.45) is 0 Å². The van der Waals surface area contributed by atoms with Gasteiger partial charge in [0.05, 0.1) is 31.1 Å². The van der Waals surface area contributed by atoms with Crippen molar-refractivity contribution in [2.75, 3.05) is 24.8 Å². The second-order valence-corrected chi connectivity index (χ2v) is 6.57. The van der Waals surface area contributed by atoms with Crippen LogP contribution in [-0.2, 0) is 11.3 Å². The maximum atomic E-state index is 6.14. The van der Waals surface area contributed by atoms with Crippen LogP contribution >= 0.6 is 23.4 Å².